The first-order chi connectivity index (χ1) is 6.77. The van der Waals surface area contributed by atoms with E-state index in [-0.39, 0.29) is 0 Å². The molecule has 0 amide bonds. The second-order valence-corrected chi connectivity index (χ2v) is 4.39. The van der Waals surface area contributed by atoms with E-state index < -0.39 is 0 Å². The number of hydrogen-bond donors (Lipinski definition) is 2. The largest absolute Gasteiger partial charge is 0.397 e. The molecule has 0 bridgehead atoms. The Kier molecular flexibility index (Phi) is 2.74. The molecule has 2 rings (SSSR count). The van der Waals surface area contributed by atoms with E-state index in [1.165, 1.54) is 11.8 Å². The van der Waals surface area contributed by atoms with Crippen LogP contribution in [0.5, 0.6) is 0 Å². The van der Waals surface area contributed by atoms with Gasteiger partial charge in [-0.05, 0) is 27.7 Å². The van der Waals surface area contributed by atoms with Gasteiger partial charge in [0, 0.05) is 18.6 Å². The number of nitrogens with two attached hydrogens (primary N) is 1. The van der Waals surface area contributed by atoms with E-state index in [0.29, 0.717) is 5.69 Å². The van der Waals surface area contributed by atoms with Crippen molar-refractivity contribution in [2.75, 3.05) is 5.73 Å². The van der Waals surface area contributed by atoms with Crippen LogP contribution in [0.1, 0.15) is 0 Å². The van der Waals surface area contributed by atoms with E-state index >= 15 is 0 Å². The number of imidazole rings is 1. The highest BCUT2D eigenvalue weighted by Crippen LogP contribution is 2.34. The lowest BCUT2D eigenvalue weighted by Crippen LogP contribution is -1.91. The zero-order chi connectivity index (χ0) is 9.97. The van der Waals surface area contributed by atoms with Crippen LogP contribution in [0, 0.1) is 0 Å². The summed E-state index contributed by atoms with van der Waals surface area (Å²) < 4.78 is 0.874. The Hall–Kier alpha value is -1.01. The molecule has 2 aromatic rings. The minimum absolute atomic E-state index is 0.640. The number of nitrogens with one attached hydrogen (secondary N) is 1. The lowest BCUT2D eigenvalue weighted by Gasteiger charge is -2.04. The predicted molar refractivity (Wildman–Crippen MR) is 59.1 cm³/mol. The molecule has 0 aliphatic carbocycles. The molecule has 72 valence electrons. The van der Waals surface area contributed by atoms with Crippen molar-refractivity contribution >= 4 is 33.4 Å². The van der Waals surface area contributed by atoms with Gasteiger partial charge in [-0.25, -0.2) is 4.98 Å². The molecule has 6 heteroatoms. The molecule has 2 heterocycles. The maximum absolute atomic E-state index is 5.78. The third-order valence-corrected chi connectivity index (χ3v) is 3.49. The fraction of sp³-hybridized carbons (Fsp3) is 0. The first kappa shape index (κ1) is 9.54. The number of hydrogen-bond acceptors (Lipinski definition) is 4. The third kappa shape index (κ3) is 1.91. The number of aromatic nitrogens is 3. The monoisotopic (exact) mass is 270 g/mol. The molecular weight excluding hydrogens is 264 g/mol. The first-order valence-corrected chi connectivity index (χ1v) is 5.44. The Bertz CT molecular complexity index is 409. The highest BCUT2D eigenvalue weighted by Gasteiger charge is 2.07. The summed E-state index contributed by atoms with van der Waals surface area (Å²) in [5, 5.41) is 0.809. The van der Waals surface area contributed by atoms with E-state index in [9.17, 15) is 0 Å². The SMILES string of the molecule is Nc1cncc(Br)c1Sc1ncc[nH]1. The average molecular weight is 271 g/mol. The lowest BCUT2D eigenvalue weighted by molar-refractivity contribution is 1.06. The molecule has 0 fully saturated rings. The minimum atomic E-state index is 0.640. The molecule has 0 unspecified atom stereocenters. The molecule has 0 aromatic carbocycles. The number of nitrogen functional groups attached to an aromatic ring is 1. The highest BCUT2D eigenvalue weighted by atomic mass is 79.9. The van der Waals surface area contributed by atoms with E-state index in [2.05, 4.69) is 30.9 Å². The van der Waals surface area contributed by atoms with Crippen molar-refractivity contribution in [3.8, 4) is 0 Å². The van der Waals surface area contributed by atoms with E-state index in [1.807, 2.05) is 0 Å². The molecule has 0 atom stereocenters. The van der Waals surface area contributed by atoms with Gasteiger partial charge in [-0.1, -0.05) is 0 Å². The molecule has 0 spiro atoms. The lowest BCUT2D eigenvalue weighted by atomic mass is 10.4. The van der Waals surface area contributed by atoms with Crippen LogP contribution in [0.4, 0.5) is 5.69 Å². The van der Waals surface area contributed by atoms with Crippen molar-refractivity contribution < 1.29 is 0 Å². The summed E-state index contributed by atoms with van der Waals surface area (Å²) in [6.07, 6.45) is 6.80. The number of pyridine rings is 1. The normalized spacial score (nSPS) is 10.4. The summed E-state index contributed by atoms with van der Waals surface area (Å²) in [6.45, 7) is 0. The topological polar surface area (TPSA) is 67.6 Å². The molecule has 0 aliphatic heterocycles. The van der Waals surface area contributed by atoms with Crippen molar-refractivity contribution in [3.05, 3.63) is 29.3 Å². The van der Waals surface area contributed by atoms with Gasteiger partial charge in [0.25, 0.3) is 0 Å². The van der Waals surface area contributed by atoms with Gasteiger partial charge in [0.05, 0.1) is 21.3 Å². The van der Waals surface area contributed by atoms with Crippen LogP contribution in [0.3, 0.4) is 0 Å². The summed E-state index contributed by atoms with van der Waals surface area (Å²) in [5.41, 5.74) is 6.42. The van der Waals surface area contributed by atoms with Crippen molar-refractivity contribution in [2.24, 2.45) is 0 Å². The number of nitrogens with zero attached hydrogens (tertiary/aromatic N) is 2. The van der Waals surface area contributed by atoms with Gasteiger partial charge >= 0.3 is 0 Å². The van der Waals surface area contributed by atoms with E-state index in [0.717, 1.165) is 14.5 Å². The van der Waals surface area contributed by atoms with Gasteiger partial charge in [0.15, 0.2) is 5.16 Å². The first-order valence-electron chi connectivity index (χ1n) is 3.83. The van der Waals surface area contributed by atoms with Crippen LogP contribution in [0.2, 0.25) is 0 Å². The Labute approximate surface area is 93.5 Å². The van der Waals surface area contributed by atoms with Gasteiger partial charge in [-0.2, -0.15) is 0 Å². The summed E-state index contributed by atoms with van der Waals surface area (Å²) in [5.74, 6) is 0. The minimum Gasteiger partial charge on any atom is -0.397 e. The van der Waals surface area contributed by atoms with Crippen molar-refractivity contribution in [3.63, 3.8) is 0 Å². The number of aromatic amines is 1. The van der Waals surface area contributed by atoms with Crippen LogP contribution >= 0.6 is 27.7 Å². The second kappa shape index (κ2) is 4.02. The molecule has 14 heavy (non-hydrogen) atoms. The van der Waals surface area contributed by atoms with Gasteiger partial charge in [-0.15, -0.1) is 0 Å². The van der Waals surface area contributed by atoms with Crippen molar-refractivity contribution in [1.29, 1.82) is 0 Å². The smallest absolute Gasteiger partial charge is 0.170 e. The zero-order valence-corrected chi connectivity index (χ0v) is 9.47. The molecular formula is C8H7BrN4S. The summed E-state index contributed by atoms with van der Waals surface area (Å²) in [4.78, 5) is 12.0. The Morgan fingerprint density at radius 1 is 1.43 bits per heavy atom. The standard InChI is InChI=1S/C8H7BrN4S/c9-5-3-11-4-6(10)7(5)14-8-12-1-2-13-8/h1-4H,10H2,(H,12,13). The third-order valence-electron chi connectivity index (χ3n) is 1.55. The van der Waals surface area contributed by atoms with E-state index in [1.54, 1.807) is 24.8 Å². The van der Waals surface area contributed by atoms with E-state index in [4.69, 9.17) is 5.73 Å². The quantitative estimate of drug-likeness (QED) is 0.879. The van der Waals surface area contributed by atoms with Crippen LogP contribution in [0.25, 0.3) is 0 Å². The van der Waals surface area contributed by atoms with Gasteiger partial charge in [0.2, 0.25) is 0 Å². The molecule has 4 nitrogen and oxygen atoms in total. The summed E-state index contributed by atoms with van der Waals surface area (Å²) in [7, 11) is 0. The number of halogens is 1. The summed E-state index contributed by atoms with van der Waals surface area (Å²) >= 11 is 4.86. The molecule has 0 radical (unpaired) electrons. The highest BCUT2D eigenvalue weighted by molar-refractivity contribution is 9.10. The van der Waals surface area contributed by atoms with Crippen LogP contribution < -0.4 is 5.73 Å². The van der Waals surface area contributed by atoms with Gasteiger partial charge in [0.1, 0.15) is 0 Å². The van der Waals surface area contributed by atoms with Crippen molar-refractivity contribution in [1.82, 2.24) is 15.0 Å². The molecule has 0 saturated heterocycles. The van der Waals surface area contributed by atoms with Crippen LogP contribution in [-0.2, 0) is 0 Å². The Morgan fingerprint density at radius 3 is 2.93 bits per heavy atom. The van der Waals surface area contributed by atoms with Crippen molar-refractivity contribution in [2.45, 2.75) is 10.1 Å². The fourth-order valence-electron chi connectivity index (χ4n) is 0.949. The maximum atomic E-state index is 5.78. The number of H-pyrrole nitrogens is 1. The van der Waals surface area contributed by atoms with Gasteiger partial charge in [-0.3, -0.25) is 4.98 Å². The molecule has 3 N–H and O–H groups in total. The maximum Gasteiger partial charge on any atom is 0.170 e. The predicted octanol–water partition coefficient (Wildman–Crippen LogP) is 2.30. The molecule has 0 aliphatic rings. The number of rotatable bonds is 2. The number of anilines is 1. The van der Waals surface area contributed by atoms with Crippen LogP contribution in [0.15, 0.2) is 39.3 Å². The molecule has 2 aromatic heterocycles. The summed E-state index contributed by atoms with van der Waals surface area (Å²) in [6, 6.07) is 0. The second-order valence-electron chi connectivity index (χ2n) is 2.54. The Morgan fingerprint density at radius 2 is 2.29 bits per heavy atom. The van der Waals surface area contributed by atoms with Gasteiger partial charge < -0.3 is 10.7 Å². The molecule has 0 saturated carbocycles. The fourth-order valence-corrected chi connectivity index (χ4v) is 2.29. The average Bonchev–Trinajstić information content (AvgIpc) is 2.64. The zero-order valence-electron chi connectivity index (χ0n) is 7.07. The Balaban J connectivity index is 2.33. The van der Waals surface area contributed by atoms with Crippen LogP contribution in [-0.4, -0.2) is 15.0 Å².